The number of aryl methyl sites for hydroxylation is 1. The summed E-state index contributed by atoms with van der Waals surface area (Å²) in [6.07, 6.45) is 8.77. The van der Waals surface area contributed by atoms with Gasteiger partial charge in [-0.1, -0.05) is 23.7 Å². The van der Waals surface area contributed by atoms with E-state index in [0.29, 0.717) is 12.5 Å². The van der Waals surface area contributed by atoms with Gasteiger partial charge in [0, 0.05) is 31.1 Å². The molecule has 1 fully saturated rings. The van der Waals surface area contributed by atoms with Crippen LogP contribution in [0.25, 0.3) is 0 Å². The molecular weight excluding hydrogens is 386 g/mol. The zero-order valence-corrected chi connectivity index (χ0v) is 18.0. The van der Waals surface area contributed by atoms with Crippen LogP contribution in [0.2, 0.25) is 5.02 Å². The Morgan fingerprint density at radius 1 is 1.31 bits per heavy atom. The fourth-order valence-corrected chi connectivity index (χ4v) is 4.39. The summed E-state index contributed by atoms with van der Waals surface area (Å²) < 4.78 is 1.59. The largest absolute Gasteiger partial charge is 0.387 e. The molecule has 0 spiro atoms. The van der Waals surface area contributed by atoms with E-state index in [2.05, 4.69) is 28.2 Å². The molecule has 1 aliphatic heterocycles. The van der Waals surface area contributed by atoms with Crippen LogP contribution in [0.5, 0.6) is 0 Å². The summed E-state index contributed by atoms with van der Waals surface area (Å²) in [5.41, 5.74) is 4.49. The van der Waals surface area contributed by atoms with Gasteiger partial charge in [0.15, 0.2) is 0 Å². The van der Waals surface area contributed by atoms with E-state index < -0.39 is 0 Å². The second kappa shape index (κ2) is 10.0. The molecule has 156 valence electrons. The molecule has 2 N–H and O–H groups in total. The highest BCUT2D eigenvalue weighted by Gasteiger charge is 2.20. The molecule has 3 rings (SSSR count). The van der Waals surface area contributed by atoms with E-state index in [9.17, 15) is 4.79 Å². The molecule has 1 saturated heterocycles. The Labute approximate surface area is 177 Å². The minimum absolute atomic E-state index is 0.161. The molecule has 2 aromatic rings. The number of aromatic nitrogens is 2. The van der Waals surface area contributed by atoms with Gasteiger partial charge in [-0.15, -0.1) is 0 Å². The Morgan fingerprint density at radius 3 is 2.76 bits per heavy atom. The predicted octanol–water partition coefficient (Wildman–Crippen LogP) is 3.59. The fourth-order valence-electron chi connectivity index (χ4n) is 4.22. The average molecular weight is 416 g/mol. The molecule has 0 amide bonds. The minimum atomic E-state index is -0.161. The summed E-state index contributed by atoms with van der Waals surface area (Å²) >= 11 is 5.85. The maximum Gasteiger partial charge on any atom is 0.272 e. The number of likely N-dealkylation sites (tertiary alicyclic amines) is 1. The van der Waals surface area contributed by atoms with Crippen LogP contribution < -0.4 is 10.9 Å². The summed E-state index contributed by atoms with van der Waals surface area (Å²) in [5, 5.41) is 11.0. The van der Waals surface area contributed by atoms with Crippen molar-refractivity contribution in [2.24, 2.45) is 5.92 Å². The summed E-state index contributed by atoms with van der Waals surface area (Å²) in [4.78, 5) is 18.4. The van der Waals surface area contributed by atoms with Gasteiger partial charge in [-0.25, -0.2) is 4.98 Å². The van der Waals surface area contributed by atoms with Crippen LogP contribution in [0.1, 0.15) is 36.0 Å². The Bertz CT molecular complexity index is 903. The van der Waals surface area contributed by atoms with Crippen molar-refractivity contribution in [1.29, 1.82) is 5.41 Å². The highest BCUT2D eigenvalue weighted by Crippen LogP contribution is 2.28. The van der Waals surface area contributed by atoms with Crippen LogP contribution in [0.4, 0.5) is 5.69 Å². The Balaban J connectivity index is 1.48. The third-order valence-electron chi connectivity index (χ3n) is 5.96. The number of hydrogen-bond acceptors (Lipinski definition) is 5. The van der Waals surface area contributed by atoms with Gasteiger partial charge in [-0.05, 0) is 69.3 Å². The molecule has 6 nitrogen and oxygen atoms in total. The van der Waals surface area contributed by atoms with Crippen LogP contribution in [0.15, 0.2) is 29.5 Å². The quantitative estimate of drug-likeness (QED) is 0.646. The lowest BCUT2D eigenvalue weighted by molar-refractivity contribution is 0.180. The van der Waals surface area contributed by atoms with Gasteiger partial charge >= 0.3 is 0 Å². The van der Waals surface area contributed by atoms with E-state index in [1.54, 1.807) is 10.9 Å². The van der Waals surface area contributed by atoms with Crippen molar-refractivity contribution in [3.63, 3.8) is 0 Å². The van der Waals surface area contributed by atoms with Crippen molar-refractivity contribution in [1.82, 2.24) is 14.5 Å². The molecule has 0 atom stereocenters. The molecule has 7 heteroatoms. The third kappa shape index (κ3) is 5.25. The first-order chi connectivity index (χ1) is 14.0. The summed E-state index contributed by atoms with van der Waals surface area (Å²) in [6, 6.07) is 4.22. The van der Waals surface area contributed by atoms with Crippen LogP contribution in [0.3, 0.4) is 0 Å². The average Bonchev–Trinajstić information content (AvgIpc) is 2.73. The van der Waals surface area contributed by atoms with Crippen molar-refractivity contribution in [2.75, 3.05) is 32.0 Å². The SMILES string of the molecule is CNc1c(C=N)ccc(CC2CCN(CCCn3cncc(Cl)c3=O)CC2)c1C. The zero-order valence-electron chi connectivity index (χ0n) is 17.2. The Hall–Kier alpha value is -2.18. The number of piperidine rings is 1. The minimum Gasteiger partial charge on any atom is -0.387 e. The van der Waals surface area contributed by atoms with Crippen LogP contribution in [-0.4, -0.2) is 47.3 Å². The topological polar surface area (TPSA) is 74.0 Å². The number of anilines is 1. The first kappa shape index (κ1) is 21.5. The number of nitrogens with zero attached hydrogens (tertiary/aromatic N) is 3. The lowest BCUT2D eigenvalue weighted by Gasteiger charge is -2.32. The number of nitrogens with one attached hydrogen (secondary N) is 2. The van der Waals surface area contributed by atoms with Gasteiger partial charge in [0.25, 0.3) is 5.56 Å². The highest BCUT2D eigenvalue weighted by atomic mass is 35.5. The summed E-state index contributed by atoms with van der Waals surface area (Å²) in [6.45, 7) is 5.99. The molecular formula is C22H30ClN5O. The first-order valence-corrected chi connectivity index (χ1v) is 10.6. The fraction of sp³-hybridized carbons (Fsp3) is 0.500. The molecule has 0 bridgehead atoms. The number of halogens is 1. The first-order valence-electron chi connectivity index (χ1n) is 10.3. The van der Waals surface area contributed by atoms with Gasteiger partial charge in [-0.2, -0.15) is 0 Å². The van der Waals surface area contributed by atoms with Gasteiger partial charge in [0.2, 0.25) is 0 Å². The van der Waals surface area contributed by atoms with Gasteiger partial charge in [0.1, 0.15) is 5.02 Å². The number of benzene rings is 1. The van der Waals surface area contributed by atoms with E-state index >= 15 is 0 Å². The second-order valence-electron chi connectivity index (χ2n) is 7.79. The summed E-state index contributed by atoms with van der Waals surface area (Å²) in [7, 11) is 1.92. The van der Waals surface area contributed by atoms with E-state index in [1.165, 1.54) is 36.4 Å². The van der Waals surface area contributed by atoms with Gasteiger partial charge < -0.3 is 15.6 Å². The van der Waals surface area contributed by atoms with Crippen molar-refractivity contribution in [2.45, 2.75) is 39.2 Å². The van der Waals surface area contributed by atoms with E-state index in [0.717, 1.165) is 43.7 Å². The van der Waals surface area contributed by atoms with E-state index in [-0.39, 0.29) is 10.6 Å². The maximum absolute atomic E-state index is 11.9. The summed E-state index contributed by atoms with van der Waals surface area (Å²) in [5.74, 6) is 0.695. The van der Waals surface area contributed by atoms with Crippen LogP contribution >= 0.6 is 11.6 Å². The number of rotatable bonds is 8. The van der Waals surface area contributed by atoms with Crippen molar-refractivity contribution >= 4 is 23.5 Å². The van der Waals surface area contributed by atoms with Gasteiger partial charge in [-0.3, -0.25) is 9.36 Å². The molecule has 0 saturated carbocycles. The maximum atomic E-state index is 11.9. The smallest absolute Gasteiger partial charge is 0.272 e. The van der Waals surface area contributed by atoms with Gasteiger partial charge in [0.05, 0.1) is 12.5 Å². The van der Waals surface area contributed by atoms with E-state index in [1.807, 2.05) is 13.1 Å². The van der Waals surface area contributed by atoms with Crippen molar-refractivity contribution in [3.8, 4) is 0 Å². The molecule has 2 heterocycles. The number of hydrogen-bond donors (Lipinski definition) is 2. The molecule has 0 radical (unpaired) electrons. The second-order valence-corrected chi connectivity index (χ2v) is 8.20. The molecule has 29 heavy (non-hydrogen) atoms. The molecule has 1 aliphatic rings. The molecule has 0 aliphatic carbocycles. The Morgan fingerprint density at radius 2 is 2.07 bits per heavy atom. The van der Waals surface area contributed by atoms with Crippen molar-refractivity contribution in [3.05, 3.63) is 56.7 Å². The molecule has 1 aromatic carbocycles. The lowest BCUT2D eigenvalue weighted by atomic mass is 9.87. The third-order valence-corrected chi connectivity index (χ3v) is 6.22. The monoisotopic (exact) mass is 415 g/mol. The van der Waals surface area contributed by atoms with E-state index in [4.69, 9.17) is 17.0 Å². The van der Waals surface area contributed by atoms with Crippen LogP contribution in [0, 0.1) is 18.3 Å². The lowest BCUT2D eigenvalue weighted by Crippen LogP contribution is -2.35. The Kier molecular flexibility index (Phi) is 7.45. The van der Waals surface area contributed by atoms with Crippen molar-refractivity contribution < 1.29 is 0 Å². The highest BCUT2D eigenvalue weighted by molar-refractivity contribution is 6.30. The standard InChI is InChI=1S/C22H30ClN5O/c1-16-18(4-5-19(13-24)21(16)25-2)12-17-6-10-27(11-7-17)8-3-9-28-15-26-14-20(23)22(28)29/h4-5,13-15,17,24-25H,3,6-12H2,1-2H3. The normalized spacial score (nSPS) is 15.4. The molecule has 0 unspecified atom stereocenters. The predicted molar refractivity (Wildman–Crippen MR) is 120 cm³/mol. The zero-order chi connectivity index (χ0) is 20.8. The molecule has 1 aromatic heterocycles. The van der Waals surface area contributed by atoms with Crippen LogP contribution in [-0.2, 0) is 13.0 Å².